The summed E-state index contributed by atoms with van der Waals surface area (Å²) in [6, 6.07) is 0. The molecule has 0 aromatic carbocycles. The van der Waals surface area contributed by atoms with Crippen molar-refractivity contribution >= 4 is 0 Å². The molecule has 13 heavy (non-hydrogen) atoms. The van der Waals surface area contributed by atoms with Crippen LogP contribution in [0.1, 0.15) is 46.5 Å². The van der Waals surface area contributed by atoms with Gasteiger partial charge in [0.1, 0.15) is 0 Å². The third kappa shape index (κ3) is 3.68. The molecule has 0 amide bonds. The van der Waals surface area contributed by atoms with Crippen LogP contribution < -0.4 is 0 Å². The minimum atomic E-state index is 0.608. The summed E-state index contributed by atoms with van der Waals surface area (Å²) < 4.78 is 0. The molecular formula is C12H25N. The van der Waals surface area contributed by atoms with Gasteiger partial charge in [0.15, 0.2) is 0 Å². The minimum absolute atomic E-state index is 0.608. The summed E-state index contributed by atoms with van der Waals surface area (Å²) in [6.07, 6.45) is 5.63. The molecule has 0 aromatic rings. The molecule has 0 aliphatic carbocycles. The van der Waals surface area contributed by atoms with Crippen LogP contribution in [0.3, 0.4) is 0 Å². The van der Waals surface area contributed by atoms with Crippen molar-refractivity contribution in [2.45, 2.75) is 46.5 Å². The van der Waals surface area contributed by atoms with Crippen molar-refractivity contribution in [3.63, 3.8) is 0 Å². The zero-order chi connectivity index (χ0) is 9.90. The summed E-state index contributed by atoms with van der Waals surface area (Å²) in [7, 11) is 2.26. The molecule has 1 rings (SSSR count). The zero-order valence-corrected chi connectivity index (χ0v) is 9.77. The molecule has 1 atom stereocenters. The molecule has 0 radical (unpaired) electrons. The lowest BCUT2D eigenvalue weighted by Crippen LogP contribution is -2.39. The average molecular weight is 183 g/mol. The predicted molar refractivity (Wildman–Crippen MR) is 58.9 cm³/mol. The number of likely N-dealkylation sites (tertiary alicyclic amines) is 1. The van der Waals surface area contributed by atoms with Crippen LogP contribution in [-0.2, 0) is 0 Å². The topological polar surface area (TPSA) is 3.24 Å². The highest BCUT2D eigenvalue weighted by Crippen LogP contribution is 2.34. The summed E-state index contributed by atoms with van der Waals surface area (Å²) in [6.45, 7) is 9.73. The molecule has 1 aliphatic rings. The molecule has 0 bridgehead atoms. The first kappa shape index (κ1) is 11.0. The standard InChI is InChI=1S/C12H25N/c1-11(2)6-8-12(3)7-5-9-13(4)10-12/h11H,5-10H2,1-4H3. The summed E-state index contributed by atoms with van der Waals surface area (Å²) in [5, 5.41) is 0. The first-order valence-electron chi connectivity index (χ1n) is 5.70. The molecule has 1 aliphatic heterocycles. The van der Waals surface area contributed by atoms with E-state index in [4.69, 9.17) is 0 Å². The molecule has 0 aromatic heterocycles. The van der Waals surface area contributed by atoms with E-state index >= 15 is 0 Å². The second-order valence-electron chi connectivity index (χ2n) is 5.58. The first-order valence-corrected chi connectivity index (χ1v) is 5.70. The monoisotopic (exact) mass is 183 g/mol. The SMILES string of the molecule is CC(C)CCC1(C)CCCN(C)C1. The minimum Gasteiger partial charge on any atom is -0.306 e. The third-order valence-corrected chi connectivity index (χ3v) is 3.30. The Bertz CT molecular complexity index is 153. The third-order valence-electron chi connectivity index (χ3n) is 3.30. The van der Waals surface area contributed by atoms with Gasteiger partial charge in [-0.15, -0.1) is 0 Å². The van der Waals surface area contributed by atoms with Crippen LogP contribution in [0, 0.1) is 11.3 Å². The van der Waals surface area contributed by atoms with E-state index in [0.717, 1.165) is 5.92 Å². The van der Waals surface area contributed by atoms with Crippen molar-refractivity contribution in [3.05, 3.63) is 0 Å². The van der Waals surface area contributed by atoms with Gasteiger partial charge in [0.05, 0.1) is 0 Å². The van der Waals surface area contributed by atoms with Crippen molar-refractivity contribution < 1.29 is 0 Å². The predicted octanol–water partition coefficient (Wildman–Crippen LogP) is 3.15. The van der Waals surface area contributed by atoms with E-state index in [1.165, 1.54) is 38.8 Å². The van der Waals surface area contributed by atoms with E-state index < -0.39 is 0 Å². The van der Waals surface area contributed by atoms with Crippen LogP contribution in [0.15, 0.2) is 0 Å². The van der Waals surface area contributed by atoms with E-state index in [0.29, 0.717) is 5.41 Å². The van der Waals surface area contributed by atoms with Crippen molar-refractivity contribution in [2.75, 3.05) is 20.1 Å². The van der Waals surface area contributed by atoms with E-state index in [-0.39, 0.29) is 0 Å². The maximum Gasteiger partial charge on any atom is 0.00323 e. The van der Waals surface area contributed by atoms with Crippen molar-refractivity contribution in [1.82, 2.24) is 4.90 Å². The van der Waals surface area contributed by atoms with Gasteiger partial charge in [-0.25, -0.2) is 0 Å². The van der Waals surface area contributed by atoms with Crippen LogP contribution >= 0.6 is 0 Å². The fourth-order valence-corrected chi connectivity index (χ4v) is 2.43. The number of piperidine rings is 1. The molecule has 1 saturated heterocycles. The van der Waals surface area contributed by atoms with Gasteiger partial charge in [0.25, 0.3) is 0 Å². The fourth-order valence-electron chi connectivity index (χ4n) is 2.43. The Labute approximate surface area is 83.5 Å². The lowest BCUT2D eigenvalue weighted by Gasteiger charge is -2.39. The average Bonchev–Trinajstić information content (AvgIpc) is 2.01. The zero-order valence-electron chi connectivity index (χ0n) is 9.77. The lowest BCUT2D eigenvalue weighted by atomic mass is 9.77. The molecular weight excluding hydrogens is 158 g/mol. The number of hydrogen-bond acceptors (Lipinski definition) is 1. The van der Waals surface area contributed by atoms with E-state index in [2.05, 4.69) is 32.7 Å². The maximum absolute atomic E-state index is 2.49. The molecule has 0 saturated carbocycles. The van der Waals surface area contributed by atoms with Gasteiger partial charge in [-0.3, -0.25) is 0 Å². The Morgan fingerprint density at radius 3 is 2.62 bits per heavy atom. The molecule has 1 heteroatoms. The second kappa shape index (κ2) is 4.45. The Morgan fingerprint density at radius 1 is 1.38 bits per heavy atom. The second-order valence-corrected chi connectivity index (χ2v) is 5.58. The molecule has 1 fully saturated rings. The van der Waals surface area contributed by atoms with E-state index in [1.54, 1.807) is 0 Å². The number of hydrogen-bond donors (Lipinski definition) is 0. The Hall–Kier alpha value is -0.0400. The van der Waals surface area contributed by atoms with Crippen LogP contribution in [0.5, 0.6) is 0 Å². The lowest BCUT2D eigenvalue weighted by molar-refractivity contribution is 0.110. The van der Waals surface area contributed by atoms with Gasteiger partial charge in [-0.05, 0) is 44.2 Å². The molecule has 1 nitrogen and oxygen atoms in total. The van der Waals surface area contributed by atoms with Gasteiger partial charge in [-0.2, -0.15) is 0 Å². The first-order chi connectivity index (χ1) is 6.02. The smallest absolute Gasteiger partial charge is 0.00323 e. The highest BCUT2D eigenvalue weighted by atomic mass is 15.1. The normalized spacial score (nSPS) is 31.2. The van der Waals surface area contributed by atoms with Crippen molar-refractivity contribution in [1.29, 1.82) is 0 Å². The van der Waals surface area contributed by atoms with Crippen LogP contribution in [0.25, 0.3) is 0 Å². The Balaban J connectivity index is 2.35. The summed E-state index contributed by atoms with van der Waals surface area (Å²) in [4.78, 5) is 2.49. The fraction of sp³-hybridized carbons (Fsp3) is 1.00. The van der Waals surface area contributed by atoms with Gasteiger partial charge in [-0.1, -0.05) is 27.2 Å². The van der Waals surface area contributed by atoms with Gasteiger partial charge >= 0.3 is 0 Å². The van der Waals surface area contributed by atoms with Gasteiger partial charge in [0.2, 0.25) is 0 Å². The Morgan fingerprint density at radius 2 is 2.08 bits per heavy atom. The highest BCUT2D eigenvalue weighted by Gasteiger charge is 2.28. The number of rotatable bonds is 3. The van der Waals surface area contributed by atoms with Crippen molar-refractivity contribution in [2.24, 2.45) is 11.3 Å². The highest BCUT2D eigenvalue weighted by molar-refractivity contribution is 4.82. The van der Waals surface area contributed by atoms with Crippen LogP contribution in [0.4, 0.5) is 0 Å². The van der Waals surface area contributed by atoms with Crippen LogP contribution in [-0.4, -0.2) is 25.0 Å². The van der Waals surface area contributed by atoms with Gasteiger partial charge in [0, 0.05) is 6.54 Å². The molecule has 78 valence electrons. The molecule has 1 heterocycles. The van der Waals surface area contributed by atoms with Gasteiger partial charge < -0.3 is 4.90 Å². The summed E-state index contributed by atoms with van der Waals surface area (Å²) >= 11 is 0. The molecule has 0 N–H and O–H groups in total. The van der Waals surface area contributed by atoms with E-state index in [1.807, 2.05) is 0 Å². The van der Waals surface area contributed by atoms with Crippen LogP contribution in [0.2, 0.25) is 0 Å². The summed E-state index contributed by atoms with van der Waals surface area (Å²) in [5.41, 5.74) is 0.608. The maximum atomic E-state index is 2.49. The quantitative estimate of drug-likeness (QED) is 0.649. The van der Waals surface area contributed by atoms with Crippen molar-refractivity contribution in [3.8, 4) is 0 Å². The largest absolute Gasteiger partial charge is 0.306 e. The summed E-state index contributed by atoms with van der Waals surface area (Å²) in [5.74, 6) is 0.865. The Kier molecular flexibility index (Phi) is 3.78. The number of nitrogens with zero attached hydrogens (tertiary/aromatic N) is 1. The van der Waals surface area contributed by atoms with E-state index in [9.17, 15) is 0 Å². The molecule has 0 spiro atoms. The molecule has 1 unspecified atom stereocenters.